The molecule has 0 aliphatic carbocycles. The van der Waals surface area contributed by atoms with Crippen LogP contribution in [-0.4, -0.2) is 18.1 Å². The quantitative estimate of drug-likeness (QED) is 0.883. The lowest BCUT2D eigenvalue weighted by molar-refractivity contribution is 0.0948. The molecule has 98 valence electrons. The van der Waals surface area contributed by atoms with Crippen molar-refractivity contribution in [2.24, 2.45) is 0 Å². The van der Waals surface area contributed by atoms with E-state index in [1.807, 2.05) is 30.3 Å². The Morgan fingerprint density at radius 2 is 1.95 bits per heavy atom. The van der Waals surface area contributed by atoms with Crippen molar-refractivity contribution < 1.29 is 14.6 Å². The lowest BCUT2D eigenvalue weighted by Crippen LogP contribution is -2.22. The molecular formula is C15H15NO3. The van der Waals surface area contributed by atoms with Gasteiger partial charge in [0.05, 0.1) is 12.7 Å². The van der Waals surface area contributed by atoms with Crippen LogP contribution in [0.15, 0.2) is 48.5 Å². The van der Waals surface area contributed by atoms with Crippen LogP contribution in [0.25, 0.3) is 0 Å². The van der Waals surface area contributed by atoms with Gasteiger partial charge in [-0.15, -0.1) is 0 Å². The van der Waals surface area contributed by atoms with Gasteiger partial charge in [-0.2, -0.15) is 0 Å². The maximum atomic E-state index is 11.9. The SMILES string of the molecule is COc1ccc(C(=O)NCc2ccccc2)c(O)c1. The van der Waals surface area contributed by atoms with Crippen molar-refractivity contribution in [1.29, 1.82) is 0 Å². The molecule has 4 heteroatoms. The van der Waals surface area contributed by atoms with Crippen LogP contribution in [0.2, 0.25) is 0 Å². The Hall–Kier alpha value is -2.49. The molecule has 1 amide bonds. The van der Waals surface area contributed by atoms with Gasteiger partial charge >= 0.3 is 0 Å². The van der Waals surface area contributed by atoms with E-state index in [-0.39, 0.29) is 17.2 Å². The lowest BCUT2D eigenvalue weighted by atomic mass is 10.1. The summed E-state index contributed by atoms with van der Waals surface area (Å²) in [7, 11) is 1.50. The molecule has 0 aliphatic rings. The first-order valence-electron chi connectivity index (χ1n) is 5.90. The number of aromatic hydroxyl groups is 1. The van der Waals surface area contributed by atoms with E-state index in [9.17, 15) is 9.90 Å². The van der Waals surface area contributed by atoms with Gasteiger partial charge in [0.1, 0.15) is 11.5 Å². The molecule has 0 atom stereocenters. The number of methoxy groups -OCH3 is 1. The van der Waals surface area contributed by atoms with Crippen LogP contribution < -0.4 is 10.1 Å². The Kier molecular flexibility index (Phi) is 4.03. The van der Waals surface area contributed by atoms with Crippen LogP contribution >= 0.6 is 0 Å². The highest BCUT2D eigenvalue weighted by Gasteiger charge is 2.11. The molecule has 0 fully saturated rings. The van der Waals surface area contributed by atoms with Crippen molar-refractivity contribution in [3.63, 3.8) is 0 Å². The molecule has 0 unspecified atom stereocenters. The predicted molar refractivity (Wildman–Crippen MR) is 72.3 cm³/mol. The van der Waals surface area contributed by atoms with Crippen LogP contribution in [0.3, 0.4) is 0 Å². The van der Waals surface area contributed by atoms with Gasteiger partial charge < -0.3 is 15.2 Å². The van der Waals surface area contributed by atoms with E-state index < -0.39 is 0 Å². The second kappa shape index (κ2) is 5.91. The van der Waals surface area contributed by atoms with Crippen molar-refractivity contribution in [3.05, 3.63) is 59.7 Å². The molecule has 0 saturated heterocycles. The summed E-state index contributed by atoms with van der Waals surface area (Å²) in [5, 5.41) is 12.5. The summed E-state index contributed by atoms with van der Waals surface area (Å²) in [6.45, 7) is 0.422. The fraction of sp³-hybridized carbons (Fsp3) is 0.133. The fourth-order valence-corrected chi connectivity index (χ4v) is 1.70. The first kappa shape index (κ1) is 13.0. The summed E-state index contributed by atoms with van der Waals surface area (Å²) in [4.78, 5) is 11.9. The summed E-state index contributed by atoms with van der Waals surface area (Å²) >= 11 is 0. The molecule has 0 saturated carbocycles. The zero-order chi connectivity index (χ0) is 13.7. The highest BCUT2D eigenvalue weighted by Crippen LogP contribution is 2.23. The largest absolute Gasteiger partial charge is 0.507 e. The summed E-state index contributed by atoms with van der Waals surface area (Å²) in [5.74, 6) is 0.103. The molecule has 4 nitrogen and oxygen atoms in total. The minimum absolute atomic E-state index is 0.0927. The molecule has 0 aliphatic heterocycles. The first-order valence-corrected chi connectivity index (χ1v) is 5.90. The number of ether oxygens (including phenoxy) is 1. The molecule has 0 aromatic heterocycles. The van der Waals surface area contributed by atoms with Crippen molar-refractivity contribution in [2.45, 2.75) is 6.54 Å². The zero-order valence-electron chi connectivity index (χ0n) is 10.6. The highest BCUT2D eigenvalue weighted by atomic mass is 16.5. The third-order valence-corrected chi connectivity index (χ3v) is 2.75. The third-order valence-electron chi connectivity index (χ3n) is 2.75. The number of carbonyl (C=O) groups excluding carboxylic acids is 1. The second-order valence-corrected chi connectivity index (χ2v) is 4.05. The van der Waals surface area contributed by atoms with E-state index in [0.717, 1.165) is 5.56 Å². The smallest absolute Gasteiger partial charge is 0.255 e. The van der Waals surface area contributed by atoms with Gasteiger partial charge in [-0.05, 0) is 17.7 Å². The number of rotatable bonds is 4. The van der Waals surface area contributed by atoms with E-state index in [0.29, 0.717) is 12.3 Å². The number of benzene rings is 2. The zero-order valence-corrected chi connectivity index (χ0v) is 10.6. The van der Waals surface area contributed by atoms with E-state index in [1.54, 1.807) is 6.07 Å². The first-order chi connectivity index (χ1) is 9.20. The molecule has 2 aromatic carbocycles. The van der Waals surface area contributed by atoms with Crippen molar-refractivity contribution in [3.8, 4) is 11.5 Å². The maximum absolute atomic E-state index is 11.9. The minimum atomic E-state index is -0.316. The normalized spacial score (nSPS) is 9.95. The standard InChI is InChI=1S/C15H15NO3/c1-19-12-7-8-13(14(17)9-12)15(18)16-10-11-5-3-2-4-6-11/h2-9,17H,10H2,1H3,(H,16,18). The summed E-state index contributed by atoms with van der Waals surface area (Å²) in [6, 6.07) is 14.2. The summed E-state index contributed by atoms with van der Waals surface area (Å²) in [6.07, 6.45) is 0. The van der Waals surface area contributed by atoms with Gasteiger partial charge in [0.25, 0.3) is 5.91 Å². The van der Waals surface area contributed by atoms with Crippen LogP contribution in [0.1, 0.15) is 15.9 Å². The van der Waals surface area contributed by atoms with Crippen LogP contribution in [-0.2, 0) is 6.54 Å². The second-order valence-electron chi connectivity index (χ2n) is 4.05. The fourth-order valence-electron chi connectivity index (χ4n) is 1.70. The Labute approximate surface area is 111 Å². The Balaban J connectivity index is 2.04. The molecule has 0 bridgehead atoms. The molecule has 2 N–H and O–H groups in total. The molecule has 2 aromatic rings. The van der Waals surface area contributed by atoms with Gasteiger partial charge in [-0.1, -0.05) is 30.3 Å². The summed E-state index contributed by atoms with van der Waals surface area (Å²) < 4.78 is 4.97. The van der Waals surface area contributed by atoms with Crippen molar-refractivity contribution in [1.82, 2.24) is 5.32 Å². The van der Waals surface area contributed by atoms with Gasteiger partial charge in [0.2, 0.25) is 0 Å². The number of amides is 1. The number of hydrogen-bond donors (Lipinski definition) is 2. The van der Waals surface area contributed by atoms with Crippen LogP contribution in [0.4, 0.5) is 0 Å². The Morgan fingerprint density at radius 3 is 2.58 bits per heavy atom. The Bertz CT molecular complexity index is 567. The predicted octanol–water partition coefficient (Wildman–Crippen LogP) is 2.33. The Morgan fingerprint density at radius 1 is 1.21 bits per heavy atom. The van der Waals surface area contributed by atoms with Crippen LogP contribution in [0, 0.1) is 0 Å². The molecule has 0 spiro atoms. The number of nitrogens with one attached hydrogen (secondary N) is 1. The molecule has 2 rings (SSSR count). The average molecular weight is 257 g/mol. The van der Waals surface area contributed by atoms with Gasteiger partial charge in [0, 0.05) is 12.6 Å². The number of carbonyl (C=O) groups is 1. The van der Waals surface area contributed by atoms with Gasteiger partial charge in [-0.25, -0.2) is 0 Å². The topological polar surface area (TPSA) is 58.6 Å². The number of hydrogen-bond acceptors (Lipinski definition) is 3. The van der Waals surface area contributed by atoms with E-state index in [1.165, 1.54) is 19.2 Å². The summed E-state index contributed by atoms with van der Waals surface area (Å²) in [5.41, 5.74) is 1.24. The van der Waals surface area contributed by atoms with Gasteiger partial charge in [-0.3, -0.25) is 4.79 Å². The molecule has 0 heterocycles. The van der Waals surface area contributed by atoms with Crippen molar-refractivity contribution in [2.75, 3.05) is 7.11 Å². The van der Waals surface area contributed by atoms with E-state index in [4.69, 9.17) is 4.74 Å². The van der Waals surface area contributed by atoms with Crippen molar-refractivity contribution >= 4 is 5.91 Å². The molecular weight excluding hydrogens is 242 g/mol. The van der Waals surface area contributed by atoms with E-state index >= 15 is 0 Å². The monoisotopic (exact) mass is 257 g/mol. The van der Waals surface area contributed by atoms with Gasteiger partial charge in [0.15, 0.2) is 0 Å². The van der Waals surface area contributed by atoms with E-state index in [2.05, 4.69) is 5.32 Å². The highest BCUT2D eigenvalue weighted by molar-refractivity contribution is 5.96. The minimum Gasteiger partial charge on any atom is -0.507 e. The molecule has 19 heavy (non-hydrogen) atoms. The third kappa shape index (κ3) is 3.25. The number of phenolic OH excluding ortho intramolecular Hbond substituents is 1. The molecule has 0 radical (unpaired) electrons. The number of phenols is 1. The van der Waals surface area contributed by atoms with Crippen LogP contribution in [0.5, 0.6) is 11.5 Å². The lowest BCUT2D eigenvalue weighted by Gasteiger charge is -2.08. The average Bonchev–Trinajstić information content (AvgIpc) is 2.45. The maximum Gasteiger partial charge on any atom is 0.255 e.